The van der Waals surface area contributed by atoms with E-state index in [1.807, 2.05) is 37.2 Å². The maximum atomic E-state index is 13.2. The Morgan fingerprint density at radius 3 is 2.52 bits per heavy atom. The highest BCUT2D eigenvalue weighted by Gasteiger charge is 2.24. The second-order valence-corrected chi connectivity index (χ2v) is 8.70. The van der Waals surface area contributed by atoms with Crippen LogP contribution in [0.15, 0.2) is 59.5 Å². The molecule has 1 aliphatic rings. The Morgan fingerprint density at radius 2 is 1.76 bits per heavy atom. The largest absolute Gasteiger partial charge is 0.482 e. The number of fused-ring (bicyclic) bond motifs is 2. The summed E-state index contributed by atoms with van der Waals surface area (Å²) in [6.45, 7) is -0.0290. The number of rotatable bonds is 4. The highest BCUT2D eigenvalue weighted by Crippen LogP contribution is 2.35. The van der Waals surface area contributed by atoms with Crippen molar-refractivity contribution in [1.29, 1.82) is 0 Å². The lowest BCUT2D eigenvalue weighted by molar-refractivity contribution is -0.120. The first-order chi connectivity index (χ1) is 13.8. The van der Waals surface area contributed by atoms with Crippen LogP contribution in [0.2, 0.25) is 0 Å². The van der Waals surface area contributed by atoms with Crippen molar-refractivity contribution < 1.29 is 17.9 Å². The Balaban J connectivity index is 1.76. The third-order valence-corrected chi connectivity index (χ3v) is 6.37. The summed E-state index contributed by atoms with van der Waals surface area (Å²) < 4.78 is 34.4. The minimum absolute atomic E-state index is 0.0290. The smallest absolute Gasteiger partial charge is 0.264 e. The van der Waals surface area contributed by atoms with Crippen LogP contribution in [-0.4, -0.2) is 42.1 Å². The number of likely N-dealkylation sites (N-methyl/N-ethyl adjacent to an activating group) is 1. The van der Waals surface area contributed by atoms with Gasteiger partial charge in [0.05, 0.1) is 16.3 Å². The van der Waals surface area contributed by atoms with Crippen LogP contribution in [0.5, 0.6) is 5.75 Å². The molecule has 0 saturated heterocycles. The molecular formula is C21H21N3O4S. The number of sulfonamides is 1. The zero-order valence-corrected chi connectivity index (χ0v) is 17.2. The predicted molar refractivity (Wildman–Crippen MR) is 114 cm³/mol. The summed E-state index contributed by atoms with van der Waals surface area (Å²) in [6.07, 6.45) is 0. The SMILES string of the molecule is CN(C)c1cccc2c(S(=O)(=O)Nc3ccc4c(c3)N(C)C(=O)CO4)cccc12. The van der Waals surface area contributed by atoms with Gasteiger partial charge in [0, 0.05) is 37.6 Å². The molecule has 0 saturated carbocycles. The number of hydrogen-bond donors (Lipinski definition) is 1. The van der Waals surface area contributed by atoms with Gasteiger partial charge < -0.3 is 14.5 Å². The second-order valence-electron chi connectivity index (χ2n) is 7.05. The van der Waals surface area contributed by atoms with Gasteiger partial charge in [-0.2, -0.15) is 0 Å². The van der Waals surface area contributed by atoms with Crippen LogP contribution in [0, 0.1) is 0 Å². The molecule has 1 heterocycles. The molecular weight excluding hydrogens is 390 g/mol. The van der Waals surface area contributed by atoms with Crippen LogP contribution in [0.1, 0.15) is 0 Å². The number of amides is 1. The number of nitrogens with one attached hydrogen (secondary N) is 1. The lowest BCUT2D eigenvalue weighted by Gasteiger charge is -2.26. The van der Waals surface area contributed by atoms with Crippen molar-refractivity contribution in [1.82, 2.24) is 0 Å². The van der Waals surface area contributed by atoms with E-state index in [1.54, 1.807) is 43.4 Å². The predicted octanol–water partition coefficient (Wildman–Crippen LogP) is 3.06. The molecule has 0 atom stereocenters. The Hall–Kier alpha value is -3.26. The summed E-state index contributed by atoms with van der Waals surface area (Å²) in [5.74, 6) is 0.346. The summed E-state index contributed by atoms with van der Waals surface area (Å²) in [5, 5.41) is 1.49. The molecule has 0 unspecified atom stereocenters. The van der Waals surface area contributed by atoms with E-state index in [0.717, 1.165) is 11.1 Å². The summed E-state index contributed by atoms with van der Waals surface area (Å²) in [5.41, 5.74) is 1.81. The Bertz CT molecular complexity index is 1220. The van der Waals surface area contributed by atoms with Gasteiger partial charge in [0.1, 0.15) is 5.75 Å². The Morgan fingerprint density at radius 1 is 1.03 bits per heavy atom. The van der Waals surface area contributed by atoms with Crippen LogP contribution in [0.25, 0.3) is 10.8 Å². The van der Waals surface area contributed by atoms with Gasteiger partial charge in [-0.15, -0.1) is 0 Å². The molecule has 7 nitrogen and oxygen atoms in total. The van der Waals surface area contributed by atoms with Crippen molar-refractivity contribution in [3.63, 3.8) is 0 Å². The molecule has 1 aliphatic heterocycles. The van der Waals surface area contributed by atoms with Crippen LogP contribution >= 0.6 is 0 Å². The molecule has 150 valence electrons. The average Bonchev–Trinajstić information content (AvgIpc) is 2.69. The first-order valence-electron chi connectivity index (χ1n) is 9.03. The minimum atomic E-state index is -3.85. The molecule has 0 radical (unpaired) electrons. The van der Waals surface area contributed by atoms with E-state index in [2.05, 4.69) is 4.72 Å². The zero-order valence-electron chi connectivity index (χ0n) is 16.3. The van der Waals surface area contributed by atoms with Crippen LogP contribution in [-0.2, 0) is 14.8 Å². The number of hydrogen-bond acceptors (Lipinski definition) is 5. The highest BCUT2D eigenvalue weighted by molar-refractivity contribution is 7.93. The molecule has 0 aliphatic carbocycles. The second kappa shape index (κ2) is 6.97. The van der Waals surface area contributed by atoms with Gasteiger partial charge in [0.2, 0.25) is 0 Å². The van der Waals surface area contributed by atoms with Gasteiger partial charge in [-0.3, -0.25) is 9.52 Å². The monoisotopic (exact) mass is 411 g/mol. The van der Waals surface area contributed by atoms with Crippen LogP contribution in [0.4, 0.5) is 17.1 Å². The summed E-state index contributed by atoms with van der Waals surface area (Å²) >= 11 is 0. The van der Waals surface area contributed by atoms with Crippen LogP contribution < -0.4 is 19.3 Å². The van der Waals surface area contributed by atoms with Crippen molar-refractivity contribution in [2.45, 2.75) is 4.90 Å². The Labute approximate surface area is 169 Å². The molecule has 0 fully saturated rings. The molecule has 1 N–H and O–H groups in total. The van der Waals surface area contributed by atoms with Gasteiger partial charge in [-0.25, -0.2) is 8.42 Å². The number of carbonyl (C=O) groups is 1. The third-order valence-electron chi connectivity index (χ3n) is 4.93. The fourth-order valence-electron chi connectivity index (χ4n) is 3.43. The molecule has 8 heteroatoms. The summed E-state index contributed by atoms with van der Waals surface area (Å²) in [4.78, 5) is 15.5. The maximum Gasteiger partial charge on any atom is 0.264 e. The van der Waals surface area contributed by atoms with Gasteiger partial charge in [-0.1, -0.05) is 24.3 Å². The van der Waals surface area contributed by atoms with Crippen LogP contribution in [0.3, 0.4) is 0 Å². The molecule has 1 amide bonds. The van der Waals surface area contributed by atoms with Gasteiger partial charge in [0.15, 0.2) is 6.61 Å². The summed E-state index contributed by atoms with van der Waals surface area (Å²) in [6, 6.07) is 15.7. The lowest BCUT2D eigenvalue weighted by Crippen LogP contribution is -2.35. The van der Waals surface area contributed by atoms with Crippen molar-refractivity contribution in [3.8, 4) is 5.75 Å². The fraction of sp³-hybridized carbons (Fsp3) is 0.190. The average molecular weight is 411 g/mol. The third kappa shape index (κ3) is 3.36. The maximum absolute atomic E-state index is 13.2. The van der Waals surface area contributed by atoms with Gasteiger partial charge in [-0.05, 0) is 30.3 Å². The molecule has 4 rings (SSSR count). The van der Waals surface area contributed by atoms with E-state index in [9.17, 15) is 13.2 Å². The van der Waals surface area contributed by atoms with E-state index >= 15 is 0 Å². The van der Waals surface area contributed by atoms with E-state index in [0.29, 0.717) is 22.5 Å². The van der Waals surface area contributed by atoms with Gasteiger partial charge >= 0.3 is 0 Å². The highest BCUT2D eigenvalue weighted by atomic mass is 32.2. The molecule has 0 bridgehead atoms. The normalized spacial score (nSPS) is 13.8. The number of ether oxygens (including phenoxy) is 1. The quantitative estimate of drug-likeness (QED) is 0.714. The van der Waals surface area contributed by atoms with Crippen molar-refractivity contribution in [2.75, 3.05) is 42.3 Å². The molecule has 3 aromatic carbocycles. The number of anilines is 3. The number of carbonyl (C=O) groups excluding carboxylic acids is 1. The van der Waals surface area contributed by atoms with E-state index in [-0.39, 0.29) is 17.4 Å². The molecule has 3 aromatic rings. The standard InChI is InChI=1S/C21H21N3O4S/c1-23(2)17-8-4-7-16-15(17)6-5-9-20(16)29(26,27)22-14-10-11-19-18(12-14)24(3)21(25)13-28-19/h4-12,22H,13H2,1-3H3. The van der Waals surface area contributed by atoms with E-state index < -0.39 is 10.0 Å². The zero-order chi connectivity index (χ0) is 20.8. The van der Waals surface area contributed by atoms with Crippen molar-refractivity contribution in [2.24, 2.45) is 0 Å². The molecule has 0 spiro atoms. The topological polar surface area (TPSA) is 79.0 Å². The Kier molecular flexibility index (Phi) is 4.58. The number of nitrogens with zero attached hydrogens (tertiary/aromatic N) is 2. The van der Waals surface area contributed by atoms with E-state index in [4.69, 9.17) is 4.74 Å². The van der Waals surface area contributed by atoms with Gasteiger partial charge in [0.25, 0.3) is 15.9 Å². The minimum Gasteiger partial charge on any atom is -0.482 e. The first-order valence-corrected chi connectivity index (χ1v) is 10.5. The van der Waals surface area contributed by atoms with Crippen molar-refractivity contribution >= 4 is 43.8 Å². The number of benzene rings is 3. The summed E-state index contributed by atoms with van der Waals surface area (Å²) in [7, 11) is 1.62. The van der Waals surface area contributed by atoms with E-state index in [1.165, 1.54) is 4.90 Å². The molecule has 29 heavy (non-hydrogen) atoms. The fourth-order valence-corrected chi connectivity index (χ4v) is 4.71. The van der Waals surface area contributed by atoms with Crippen molar-refractivity contribution in [3.05, 3.63) is 54.6 Å². The lowest BCUT2D eigenvalue weighted by atomic mass is 10.1. The first kappa shape index (κ1) is 19.1. The molecule has 0 aromatic heterocycles.